The van der Waals surface area contributed by atoms with Crippen molar-refractivity contribution in [2.45, 2.75) is 53.0 Å². The molecule has 0 heterocycles. The van der Waals surface area contributed by atoms with Crippen molar-refractivity contribution in [1.29, 1.82) is 0 Å². The topological polar surface area (TPSA) is 21.3 Å². The molecule has 1 N–H and O–H groups in total. The number of likely N-dealkylation sites (N-methyl/N-ethyl adjacent to an activating group) is 1. The summed E-state index contributed by atoms with van der Waals surface area (Å²) in [4.78, 5) is 0. The number of hydrogen-bond donors (Lipinski definition) is 1. The number of rotatable bonds is 7. The summed E-state index contributed by atoms with van der Waals surface area (Å²) in [5.41, 5.74) is 2.55. The minimum Gasteiger partial charge on any atom is -0.492 e. The highest BCUT2D eigenvalue weighted by Gasteiger charge is 2.16. The van der Waals surface area contributed by atoms with Crippen molar-refractivity contribution >= 4 is 0 Å². The molecule has 1 aromatic carbocycles. The summed E-state index contributed by atoms with van der Waals surface area (Å²) >= 11 is 0. The summed E-state index contributed by atoms with van der Waals surface area (Å²) < 4.78 is 6.09. The molecule has 19 heavy (non-hydrogen) atoms. The lowest BCUT2D eigenvalue weighted by molar-refractivity contribution is 0.226. The van der Waals surface area contributed by atoms with Crippen molar-refractivity contribution in [3.63, 3.8) is 0 Å². The molecule has 0 saturated heterocycles. The van der Waals surface area contributed by atoms with Gasteiger partial charge in [-0.15, -0.1) is 0 Å². The molecule has 2 unspecified atom stereocenters. The first-order valence-corrected chi connectivity index (χ1v) is 7.40. The van der Waals surface area contributed by atoms with Crippen LogP contribution in [0.2, 0.25) is 0 Å². The van der Waals surface area contributed by atoms with Crippen LogP contribution in [-0.2, 0) is 0 Å². The molecular weight excluding hydrogens is 234 g/mol. The minimum absolute atomic E-state index is 0.408. The van der Waals surface area contributed by atoms with Gasteiger partial charge in [0.1, 0.15) is 12.4 Å². The second kappa shape index (κ2) is 7.54. The highest BCUT2D eigenvalue weighted by Crippen LogP contribution is 2.27. The first-order valence-electron chi connectivity index (χ1n) is 7.40. The second-order valence-electron chi connectivity index (χ2n) is 5.79. The molecule has 0 saturated carbocycles. The predicted molar refractivity (Wildman–Crippen MR) is 83.1 cm³/mol. The number of nitrogens with one attached hydrogen (secondary N) is 1. The van der Waals surface area contributed by atoms with E-state index in [2.05, 4.69) is 58.1 Å². The Balaban J connectivity index is 2.78. The zero-order valence-corrected chi connectivity index (χ0v) is 13.3. The van der Waals surface area contributed by atoms with Crippen LogP contribution < -0.4 is 10.1 Å². The standard InChI is InChI=1S/C17H29NO/c1-7-14(5)16(18-6)11-19-17-10-13(4)8-9-15(17)12(2)3/h8-10,12,14,16,18H,7,11H2,1-6H3. The monoisotopic (exact) mass is 263 g/mol. The summed E-state index contributed by atoms with van der Waals surface area (Å²) in [6.45, 7) is 11.8. The summed E-state index contributed by atoms with van der Waals surface area (Å²) in [5, 5.41) is 3.36. The van der Waals surface area contributed by atoms with E-state index in [1.165, 1.54) is 17.5 Å². The van der Waals surface area contributed by atoms with Crippen molar-refractivity contribution in [3.8, 4) is 5.75 Å². The third-order valence-corrected chi connectivity index (χ3v) is 3.91. The van der Waals surface area contributed by atoms with Gasteiger partial charge >= 0.3 is 0 Å². The number of aryl methyl sites for hydroxylation is 1. The average molecular weight is 263 g/mol. The van der Waals surface area contributed by atoms with Gasteiger partial charge in [-0.05, 0) is 43.0 Å². The van der Waals surface area contributed by atoms with E-state index in [1.807, 2.05) is 7.05 Å². The Morgan fingerprint density at radius 3 is 2.42 bits per heavy atom. The number of hydrogen-bond acceptors (Lipinski definition) is 2. The molecule has 1 aromatic rings. The van der Waals surface area contributed by atoms with Gasteiger partial charge in [-0.25, -0.2) is 0 Å². The van der Waals surface area contributed by atoms with Crippen molar-refractivity contribution in [2.75, 3.05) is 13.7 Å². The Labute approximate surface area is 118 Å². The largest absolute Gasteiger partial charge is 0.492 e. The maximum Gasteiger partial charge on any atom is 0.123 e. The Morgan fingerprint density at radius 1 is 1.21 bits per heavy atom. The molecule has 2 nitrogen and oxygen atoms in total. The maximum atomic E-state index is 6.09. The molecule has 108 valence electrons. The molecule has 0 bridgehead atoms. The Kier molecular flexibility index (Phi) is 6.36. The molecule has 2 heteroatoms. The van der Waals surface area contributed by atoms with E-state index < -0.39 is 0 Å². The lowest BCUT2D eigenvalue weighted by Crippen LogP contribution is -2.37. The van der Waals surface area contributed by atoms with E-state index in [1.54, 1.807) is 0 Å². The van der Waals surface area contributed by atoms with Crippen LogP contribution in [0.15, 0.2) is 18.2 Å². The fourth-order valence-electron chi connectivity index (χ4n) is 2.24. The van der Waals surface area contributed by atoms with E-state index >= 15 is 0 Å². The zero-order chi connectivity index (χ0) is 14.4. The van der Waals surface area contributed by atoms with Gasteiger partial charge in [-0.1, -0.05) is 46.2 Å². The summed E-state index contributed by atoms with van der Waals surface area (Å²) in [6.07, 6.45) is 1.17. The Morgan fingerprint density at radius 2 is 1.89 bits per heavy atom. The molecule has 0 amide bonds. The maximum absolute atomic E-state index is 6.09. The van der Waals surface area contributed by atoms with Gasteiger partial charge in [0.05, 0.1) is 0 Å². The second-order valence-corrected chi connectivity index (χ2v) is 5.79. The summed E-state index contributed by atoms with van der Waals surface area (Å²) in [6, 6.07) is 6.91. The first-order chi connectivity index (χ1) is 8.99. The van der Waals surface area contributed by atoms with E-state index in [0.29, 0.717) is 17.9 Å². The SMILES string of the molecule is CCC(C)C(COc1cc(C)ccc1C(C)C)NC. The quantitative estimate of drug-likeness (QED) is 0.798. The number of ether oxygens (including phenoxy) is 1. The smallest absolute Gasteiger partial charge is 0.123 e. The molecule has 0 aliphatic rings. The van der Waals surface area contributed by atoms with E-state index in [4.69, 9.17) is 4.74 Å². The van der Waals surface area contributed by atoms with Crippen LogP contribution in [0.3, 0.4) is 0 Å². The normalized spacial score (nSPS) is 14.5. The Hall–Kier alpha value is -1.02. The fourth-order valence-corrected chi connectivity index (χ4v) is 2.24. The molecule has 0 aliphatic heterocycles. The van der Waals surface area contributed by atoms with Gasteiger partial charge < -0.3 is 10.1 Å². The third-order valence-electron chi connectivity index (χ3n) is 3.91. The van der Waals surface area contributed by atoms with Gasteiger partial charge in [0, 0.05) is 6.04 Å². The van der Waals surface area contributed by atoms with Crippen molar-refractivity contribution in [3.05, 3.63) is 29.3 Å². The van der Waals surface area contributed by atoms with Crippen molar-refractivity contribution in [2.24, 2.45) is 5.92 Å². The molecular formula is C17H29NO. The number of benzene rings is 1. The van der Waals surface area contributed by atoms with Gasteiger partial charge in [-0.3, -0.25) is 0 Å². The highest BCUT2D eigenvalue weighted by molar-refractivity contribution is 5.39. The molecule has 0 spiro atoms. The molecule has 0 fully saturated rings. The minimum atomic E-state index is 0.408. The van der Waals surface area contributed by atoms with E-state index in [-0.39, 0.29) is 0 Å². The Bertz CT molecular complexity index is 387. The summed E-state index contributed by atoms with van der Waals surface area (Å²) in [5.74, 6) is 2.16. The first kappa shape index (κ1) is 16.0. The van der Waals surface area contributed by atoms with Gasteiger partial charge in [-0.2, -0.15) is 0 Å². The third kappa shape index (κ3) is 4.54. The van der Waals surface area contributed by atoms with Crippen LogP contribution in [0, 0.1) is 12.8 Å². The van der Waals surface area contributed by atoms with E-state index in [0.717, 1.165) is 12.4 Å². The fraction of sp³-hybridized carbons (Fsp3) is 0.647. The van der Waals surface area contributed by atoms with Crippen LogP contribution >= 0.6 is 0 Å². The molecule has 0 aromatic heterocycles. The van der Waals surface area contributed by atoms with Crippen LogP contribution in [-0.4, -0.2) is 19.7 Å². The lowest BCUT2D eigenvalue weighted by atomic mass is 9.99. The highest BCUT2D eigenvalue weighted by atomic mass is 16.5. The summed E-state index contributed by atoms with van der Waals surface area (Å²) in [7, 11) is 2.01. The van der Waals surface area contributed by atoms with Crippen molar-refractivity contribution < 1.29 is 4.74 Å². The van der Waals surface area contributed by atoms with Crippen LogP contribution in [0.1, 0.15) is 51.2 Å². The van der Waals surface area contributed by atoms with Crippen LogP contribution in [0.4, 0.5) is 0 Å². The van der Waals surface area contributed by atoms with Gasteiger partial charge in [0.2, 0.25) is 0 Å². The van der Waals surface area contributed by atoms with Crippen molar-refractivity contribution in [1.82, 2.24) is 5.32 Å². The van der Waals surface area contributed by atoms with E-state index in [9.17, 15) is 0 Å². The average Bonchev–Trinajstić information content (AvgIpc) is 2.38. The molecule has 1 rings (SSSR count). The molecule has 0 aliphatic carbocycles. The molecule has 2 atom stereocenters. The van der Waals surface area contributed by atoms with Gasteiger partial charge in [0.15, 0.2) is 0 Å². The van der Waals surface area contributed by atoms with Crippen LogP contribution in [0.5, 0.6) is 5.75 Å². The zero-order valence-electron chi connectivity index (χ0n) is 13.3. The van der Waals surface area contributed by atoms with Gasteiger partial charge in [0.25, 0.3) is 0 Å². The molecule has 0 radical (unpaired) electrons. The van der Waals surface area contributed by atoms with Crippen LogP contribution in [0.25, 0.3) is 0 Å². The lowest BCUT2D eigenvalue weighted by Gasteiger charge is -2.24. The predicted octanol–water partition coefficient (Wildman–Crippen LogP) is 4.13.